The summed E-state index contributed by atoms with van der Waals surface area (Å²) >= 11 is 3.49. The van der Waals surface area contributed by atoms with Gasteiger partial charge in [-0.3, -0.25) is 4.98 Å². The van der Waals surface area contributed by atoms with E-state index in [1.54, 1.807) is 6.20 Å². The van der Waals surface area contributed by atoms with E-state index in [4.69, 9.17) is 5.73 Å². The van der Waals surface area contributed by atoms with E-state index in [2.05, 4.69) is 43.9 Å². The maximum atomic E-state index is 5.99. The highest BCUT2D eigenvalue weighted by Gasteiger charge is 2.29. The maximum absolute atomic E-state index is 5.99. The highest BCUT2D eigenvalue weighted by molar-refractivity contribution is 9.10. The summed E-state index contributed by atoms with van der Waals surface area (Å²) in [5.74, 6) is 1.66. The van der Waals surface area contributed by atoms with Crippen LogP contribution in [0.4, 0.5) is 5.82 Å². The fraction of sp³-hybridized carbons (Fsp3) is 0.357. The van der Waals surface area contributed by atoms with Crippen molar-refractivity contribution in [3.05, 3.63) is 34.1 Å². The van der Waals surface area contributed by atoms with Crippen molar-refractivity contribution >= 4 is 21.7 Å². The number of nitrogen functional groups attached to an aromatic ring is 1. The number of nitrogens with zero attached hydrogens (tertiary/aromatic N) is 3. The second-order valence-corrected chi connectivity index (χ2v) is 5.56. The lowest BCUT2D eigenvalue weighted by atomic mass is 10.1. The van der Waals surface area contributed by atoms with Crippen molar-refractivity contribution in [3.8, 4) is 11.5 Å². The van der Waals surface area contributed by atoms with Crippen LogP contribution in [-0.2, 0) is 6.42 Å². The summed E-state index contributed by atoms with van der Waals surface area (Å²) in [6.07, 6.45) is 5.03. The van der Waals surface area contributed by atoms with Crippen LogP contribution in [0.5, 0.6) is 0 Å². The Morgan fingerprint density at radius 2 is 2.16 bits per heavy atom. The van der Waals surface area contributed by atoms with Crippen LogP contribution in [0.3, 0.4) is 0 Å². The third-order valence-electron chi connectivity index (χ3n) is 3.35. The molecule has 1 saturated carbocycles. The number of pyridine rings is 1. The molecule has 3 rings (SSSR count). The van der Waals surface area contributed by atoms with Gasteiger partial charge in [-0.05, 0) is 46.8 Å². The Labute approximate surface area is 120 Å². The van der Waals surface area contributed by atoms with E-state index < -0.39 is 0 Å². The molecule has 0 unspecified atom stereocenters. The first-order valence-electron chi connectivity index (χ1n) is 6.48. The van der Waals surface area contributed by atoms with E-state index >= 15 is 0 Å². The number of aryl methyl sites for hydroxylation is 1. The van der Waals surface area contributed by atoms with Crippen molar-refractivity contribution in [2.24, 2.45) is 0 Å². The molecule has 1 aliphatic carbocycles. The number of halogens is 1. The number of hydrogen-bond donors (Lipinski definition) is 1. The summed E-state index contributed by atoms with van der Waals surface area (Å²) in [6, 6.07) is 3.99. The number of rotatable bonds is 3. The van der Waals surface area contributed by atoms with Gasteiger partial charge >= 0.3 is 0 Å². The molecule has 2 aromatic heterocycles. The van der Waals surface area contributed by atoms with Crippen molar-refractivity contribution < 1.29 is 0 Å². The van der Waals surface area contributed by atoms with Crippen molar-refractivity contribution in [2.75, 3.05) is 5.73 Å². The lowest BCUT2D eigenvalue weighted by Gasteiger charge is -2.10. The van der Waals surface area contributed by atoms with E-state index in [-0.39, 0.29) is 0 Å². The monoisotopic (exact) mass is 318 g/mol. The molecule has 2 heterocycles. The fourth-order valence-corrected chi connectivity index (χ4v) is 2.64. The average molecular weight is 319 g/mol. The molecule has 0 aromatic carbocycles. The quantitative estimate of drug-likeness (QED) is 0.942. The van der Waals surface area contributed by atoms with Crippen LogP contribution in [0.1, 0.15) is 36.9 Å². The Morgan fingerprint density at radius 1 is 1.37 bits per heavy atom. The minimum Gasteiger partial charge on any atom is -0.383 e. The summed E-state index contributed by atoms with van der Waals surface area (Å²) in [6.45, 7) is 2.10. The summed E-state index contributed by atoms with van der Waals surface area (Å²) in [5.41, 5.74) is 9.00. The Morgan fingerprint density at radius 3 is 2.84 bits per heavy atom. The molecule has 1 aliphatic rings. The molecule has 0 bridgehead atoms. The molecule has 0 aliphatic heterocycles. The van der Waals surface area contributed by atoms with Crippen LogP contribution < -0.4 is 5.73 Å². The van der Waals surface area contributed by atoms with Gasteiger partial charge in [-0.2, -0.15) is 0 Å². The molecule has 98 valence electrons. The molecule has 0 radical (unpaired) electrons. The molecule has 2 aromatic rings. The summed E-state index contributed by atoms with van der Waals surface area (Å²) in [5, 5.41) is 0. The van der Waals surface area contributed by atoms with E-state index in [1.807, 2.05) is 6.07 Å². The zero-order chi connectivity index (χ0) is 13.4. The van der Waals surface area contributed by atoms with E-state index in [9.17, 15) is 0 Å². The van der Waals surface area contributed by atoms with Gasteiger partial charge in [0.05, 0.1) is 10.2 Å². The zero-order valence-corrected chi connectivity index (χ0v) is 12.3. The molecule has 19 heavy (non-hydrogen) atoms. The van der Waals surface area contributed by atoms with Crippen LogP contribution in [-0.4, -0.2) is 15.0 Å². The summed E-state index contributed by atoms with van der Waals surface area (Å²) in [7, 11) is 0. The van der Waals surface area contributed by atoms with E-state index in [0.29, 0.717) is 17.6 Å². The van der Waals surface area contributed by atoms with Gasteiger partial charge in [0.2, 0.25) is 0 Å². The molecule has 1 fully saturated rings. The highest BCUT2D eigenvalue weighted by Crippen LogP contribution is 2.43. The van der Waals surface area contributed by atoms with Gasteiger partial charge in [0.15, 0.2) is 5.82 Å². The zero-order valence-electron chi connectivity index (χ0n) is 10.7. The SMILES string of the molecule is CCc1cccnc1-c1nc(N)c(Br)c(C2CC2)n1. The molecule has 5 heteroatoms. The lowest BCUT2D eigenvalue weighted by molar-refractivity contribution is 0.970. The van der Waals surface area contributed by atoms with Crippen LogP contribution in [0.25, 0.3) is 11.5 Å². The van der Waals surface area contributed by atoms with Crippen molar-refractivity contribution in [3.63, 3.8) is 0 Å². The first-order valence-corrected chi connectivity index (χ1v) is 7.27. The first-order chi connectivity index (χ1) is 9.20. The van der Waals surface area contributed by atoms with Crippen LogP contribution >= 0.6 is 15.9 Å². The van der Waals surface area contributed by atoms with E-state index in [0.717, 1.165) is 27.8 Å². The minimum absolute atomic E-state index is 0.500. The van der Waals surface area contributed by atoms with Gasteiger partial charge in [-0.25, -0.2) is 9.97 Å². The maximum Gasteiger partial charge on any atom is 0.180 e. The molecule has 2 N–H and O–H groups in total. The van der Waals surface area contributed by atoms with Crippen molar-refractivity contribution in [2.45, 2.75) is 32.1 Å². The second kappa shape index (κ2) is 4.89. The molecule has 0 atom stereocenters. The number of nitrogens with two attached hydrogens (primary N) is 1. The number of anilines is 1. The van der Waals surface area contributed by atoms with Gasteiger partial charge in [0, 0.05) is 12.1 Å². The van der Waals surface area contributed by atoms with Gasteiger partial charge in [0.25, 0.3) is 0 Å². The number of aromatic nitrogens is 3. The molecule has 0 saturated heterocycles. The van der Waals surface area contributed by atoms with Gasteiger partial charge < -0.3 is 5.73 Å². The predicted molar refractivity (Wildman–Crippen MR) is 78.7 cm³/mol. The molecule has 0 spiro atoms. The Kier molecular flexibility index (Phi) is 3.22. The molecular formula is C14H15BrN4. The van der Waals surface area contributed by atoms with Crippen LogP contribution in [0.2, 0.25) is 0 Å². The first kappa shape index (κ1) is 12.5. The highest BCUT2D eigenvalue weighted by atomic mass is 79.9. The van der Waals surface area contributed by atoms with Gasteiger partial charge in [0.1, 0.15) is 11.5 Å². The normalized spacial score (nSPS) is 14.6. The smallest absolute Gasteiger partial charge is 0.180 e. The predicted octanol–water partition coefficient (Wildman–Crippen LogP) is 3.32. The molecule has 4 nitrogen and oxygen atoms in total. The summed E-state index contributed by atoms with van der Waals surface area (Å²) in [4.78, 5) is 13.5. The van der Waals surface area contributed by atoms with Crippen molar-refractivity contribution in [1.82, 2.24) is 15.0 Å². The molecular weight excluding hydrogens is 304 g/mol. The second-order valence-electron chi connectivity index (χ2n) is 4.77. The standard InChI is InChI=1S/C14H15BrN4/c1-2-8-4-3-7-17-12(8)14-18-11(9-5-6-9)10(15)13(16)19-14/h3-4,7,9H,2,5-6H2,1H3,(H2,16,18,19). The minimum atomic E-state index is 0.500. The van der Waals surface area contributed by atoms with Crippen LogP contribution in [0, 0.1) is 0 Å². The molecule has 0 amide bonds. The average Bonchev–Trinajstić information content (AvgIpc) is 3.26. The number of hydrogen-bond acceptors (Lipinski definition) is 4. The van der Waals surface area contributed by atoms with Gasteiger partial charge in [-0.1, -0.05) is 13.0 Å². The van der Waals surface area contributed by atoms with Crippen molar-refractivity contribution in [1.29, 1.82) is 0 Å². The Bertz CT molecular complexity index is 623. The Hall–Kier alpha value is -1.49. The Balaban J connectivity index is 2.14. The largest absolute Gasteiger partial charge is 0.383 e. The van der Waals surface area contributed by atoms with Gasteiger partial charge in [-0.15, -0.1) is 0 Å². The summed E-state index contributed by atoms with van der Waals surface area (Å²) < 4.78 is 0.840. The fourth-order valence-electron chi connectivity index (χ4n) is 2.14. The van der Waals surface area contributed by atoms with Crippen LogP contribution in [0.15, 0.2) is 22.8 Å². The lowest BCUT2D eigenvalue weighted by Crippen LogP contribution is -2.04. The van der Waals surface area contributed by atoms with E-state index in [1.165, 1.54) is 12.8 Å². The third kappa shape index (κ3) is 2.34. The third-order valence-corrected chi connectivity index (χ3v) is 4.16. The topological polar surface area (TPSA) is 64.7 Å².